The van der Waals surface area contributed by atoms with Gasteiger partial charge in [0.2, 0.25) is 0 Å². The molecule has 182 valence electrons. The van der Waals surface area contributed by atoms with Crippen LogP contribution < -0.4 is 11.1 Å². The number of benzene rings is 3. The van der Waals surface area contributed by atoms with Crippen LogP contribution in [-0.2, 0) is 19.5 Å². The predicted molar refractivity (Wildman–Crippen MR) is 143 cm³/mol. The molecule has 5 nitrogen and oxygen atoms in total. The molecule has 5 rings (SSSR count). The van der Waals surface area contributed by atoms with E-state index in [2.05, 4.69) is 63.6 Å². The number of aryl methyl sites for hydroxylation is 1. The quantitative estimate of drug-likeness (QED) is 0.531. The van der Waals surface area contributed by atoms with Crippen LogP contribution in [0.1, 0.15) is 51.4 Å². The van der Waals surface area contributed by atoms with E-state index < -0.39 is 0 Å². The number of hydrogen-bond donors (Lipinski definition) is 2. The average molecular weight is 469 g/mol. The molecule has 35 heavy (non-hydrogen) atoms. The van der Waals surface area contributed by atoms with Crippen molar-refractivity contribution < 1.29 is 4.79 Å². The van der Waals surface area contributed by atoms with E-state index in [9.17, 15) is 4.79 Å². The minimum atomic E-state index is -0.0589. The van der Waals surface area contributed by atoms with E-state index >= 15 is 0 Å². The van der Waals surface area contributed by atoms with E-state index in [0.717, 1.165) is 57.8 Å². The molecule has 3 aromatic carbocycles. The van der Waals surface area contributed by atoms with Gasteiger partial charge >= 0.3 is 0 Å². The van der Waals surface area contributed by atoms with Crippen molar-refractivity contribution in [1.29, 1.82) is 0 Å². The molecule has 1 aliphatic carbocycles. The summed E-state index contributed by atoms with van der Waals surface area (Å²) in [4.78, 5) is 17.9. The highest BCUT2D eigenvalue weighted by molar-refractivity contribution is 6.04. The Bertz CT molecular complexity index is 1120. The Kier molecular flexibility index (Phi) is 7.57. The van der Waals surface area contributed by atoms with Crippen molar-refractivity contribution in [2.24, 2.45) is 5.73 Å². The van der Waals surface area contributed by atoms with Crippen LogP contribution in [0.3, 0.4) is 0 Å². The van der Waals surface area contributed by atoms with Gasteiger partial charge in [-0.3, -0.25) is 14.6 Å². The van der Waals surface area contributed by atoms with Crippen molar-refractivity contribution in [1.82, 2.24) is 9.80 Å². The number of nitrogens with two attached hydrogens (primary N) is 1. The van der Waals surface area contributed by atoms with Gasteiger partial charge in [-0.05, 0) is 78.2 Å². The Morgan fingerprint density at radius 2 is 1.51 bits per heavy atom. The second-order valence-corrected chi connectivity index (χ2v) is 9.93. The Balaban J connectivity index is 1.13. The lowest BCUT2D eigenvalue weighted by molar-refractivity contribution is 0.102. The minimum Gasteiger partial charge on any atom is -0.330 e. The number of rotatable bonds is 7. The van der Waals surface area contributed by atoms with Crippen LogP contribution in [0.5, 0.6) is 0 Å². The van der Waals surface area contributed by atoms with Gasteiger partial charge in [0.25, 0.3) is 5.91 Å². The molecular weight excluding hydrogens is 432 g/mol. The molecule has 1 amide bonds. The summed E-state index contributed by atoms with van der Waals surface area (Å²) >= 11 is 0. The highest BCUT2D eigenvalue weighted by Crippen LogP contribution is 2.31. The van der Waals surface area contributed by atoms with Crippen LogP contribution in [0.4, 0.5) is 5.69 Å². The van der Waals surface area contributed by atoms with Crippen LogP contribution in [0.15, 0.2) is 72.8 Å². The van der Waals surface area contributed by atoms with Gasteiger partial charge in [0.1, 0.15) is 0 Å². The molecule has 0 radical (unpaired) electrons. The van der Waals surface area contributed by atoms with Gasteiger partial charge in [-0.1, -0.05) is 48.5 Å². The molecular formula is C30H36N4O. The average Bonchev–Trinajstić information content (AvgIpc) is 2.91. The van der Waals surface area contributed by atoms with Gasteiger partial charge in [-0.25, -0.2) is 0 Å². The standard InChI is InChI=1S/C30H36N4O/c31-20-27-8-4-7-25-11-12-26(19-29(25)27)30(35)32-28-13-9-24(10-14-28)22-34-17-15-33(16-18-34)21-23-5-2-1-3-6-23/h1-3,5-6,9-14,19,27H,4,7-8,15-18,20-22,31H2,(H,32,35). The monoisotopic (exact) mass is 468 g/mol. The lowest BCUT2D eigenvalue weighted by Gasteiger charge is -2.34. The van der Waals surface area contributed by atoms with E-state index in [-0.39, 0.29) is 5.91 Å². The fourth-order valence-corrected chi connectivity index (χ4v) is 5.39. The fraction of sp³-hybridized carbons (Fsp3) is 0.367. The van der Waals surface area contributed by atoms with Crippen LogP contribution in [0.25, 0.3) is 0 Å². The second kappa shape index (κ2) is 11.2. The largest absolute Gasteiger partial charge is 0.330 e. The summed E-state index contributed by atoms with van der Waals surface area (Å²) in [6.45, 7) is 6.95. The van der Waals surface area contributed by atoms with Gasteiger partial charge in [-0.15, -0.1) is 0 Å². The van der Waals surface area contributed by atoms with Crippen molar-refractivity contribution in [3.05, 3.63) is 101 Å². The smallest absolute Gasteiger partial charge is 0.255 e. The molecule has 1 atom stereocenters. The summed E-state index contributed by atoms with van der Waals surface area (Å²) in [5.41, 5.74) is 12.8. The van der Waals surface area contributed by atoms with Crippen LogP contribution >= 0.6 is 0 Å². The number of amides is 1. The van der Waals surface area contributed by atoms with Crippen molar-refractivity contribution in [2.45, 2.75) is 38.3 Å². The zero-order valence-electron chi connectivity index (χ0n) is 20.5. The van der Waals surface area contributed by atoms with Crippen molar-refractivity contribution in [3.63, 3.8) is 0 Å². The number of nitrogens with zero attached hydrogens (tertiary/aromatic N) is 2. The number of nitrogens with one attached hydrogen (secondary N) is 1. The van der Waals surface area contributed by atoms with Crippen LogP contribution in [-0.4, -0.2) is 48.4 Å². The third kappa shape index (κ3) is 5.99. The highest BCUT2D eigenvalue weighted by atomic mass is 16.1. The predicted octanol–water partition coefficient (Wildman–Crippen LogP) is 4.64. The molecule has 2 aliphatic rings. The van der Waals surface area contributed by atoms with E-state index in [1.807, 2.05) is 24.3 Å². The summed E-state index contributed by atoms with van der Waals surface area (Å²) < 4.78 is 0. The fourth-order valence-electron chi connectivity index (χ4n) is 5.39. The van der Waals surface area contributed by atoms with Crippen molar-refractivity contribution >= 4 is 11.6 Å². The SMILES string of the molecule is NCC1CCCc2ccc(C(=O)Nc3ccc(CN4CCN(Cc5ccccc5)CC4)cc3)cc21. The summed E-state index contributed by atoms with van der Waals surface area (Å²) in [7, 11) is 0. The first-order valence-electron chi connectivity index (χ1n) is 12.9. The first-order chi connectivity index (χ1) is 17.2. The van der Waals surface area contributed by atoms with E-state index in [0.29, 0.717) is 18.0 Å². The maximum atomic E-state index is 12.9. The molecule has 3 N–H and O–H groups in total. The molecule has 0 aromatic heterocycles. The lowest BCUT2D eigenvalue weighted by Crippen LogP contribution is -2.45. The molecule has 1 heterocycles. The first kappa shape index (κ1) is 23.7. The molecule has 1 aliphatic heterocycles. The topological polar surface area (TPSA) is 61.6 Å². The summed E-state index contributed by atoms with van der Waals surface area (Å²) in [5, 5.41) is 3.07. The minimum absolute atomic E-state index is 0.0589. The number of hydrogen-bond acceptors (Lipinski definition) is 4. The zero-order valence-corrected chi connectivity index (χ0v) is 20.5. The second-order valence-electron chi connectivity index (χ2n) is 9.93. The number of carbonyl (C=O) groups excluding carboxylic acids is 1. The maximum absolute atomic E-state index is 12.9. The van der Waals surface area contributed by atoms with Gasteiger partial charge < -0.3 is 11.1 Å². The number of carbonyl (C=O) groups is 1. The molecule has 0 bridgehead atoms. The maximum Gasteiger partial charge on any atom is 0.255 e. The first-order valence-corrected chi connectivity index (χ1v) is 12.9. The van der Waals surface area contributed by atoms with Crippen molar-refractivity contribution in [2.75, 3.05) is 38.0 Å². The van der Waals surface area contributed by atoms with E-state index in [1.165, 1.54) is 28.7 Å². The summed E-state index contributed by atoms with van der Waals surface area (Å²) in [6.07, 6.45) is 3.37. The third-order valence-corrected chi connectivity index (χ3v) is 7.46. The third-order valence-electron chi connectivity index (χ3n) is 7.46. The zero-order chi connectivity index (χ0) is 24.0. The summed E-state index contributed by atoms with van der Waals surface area (Å²) in [6, 6.07) is 25.1. The normalized spacial score (nSPS) is 18.7. The molecule has 0 saturated carbocycles. The molecule has 0 spiro atoms. The van der Waals surface area contributed by atoms with Gasteiger partial charge in [-0.2, -0.15) is 0 Å². The van der Waals surface area contributed by atoms with Crippen LogP contribution in [0.2, 0.25) is 0 Å². The van der Waals surface area contributed by atoms with Crippen molar-refractivity contribution in [3.8, 4) is 0 Å². The number of piperazine rings is 1. The van der Waals surface area contributed by atoms with Gasteiger partial charge in [0.15, 0.2) is 0 Å². The Morgan fingerprint density at radius 3 is 2.17 bits per heavy atom. The molecule has 5 heteroatoms. The Morgan fingerprint density at radius 1 is 0.857 bits per heavy atom. The number of fused-ring (bicyclic) bond motifs is 1. The van der Waals surface area contributed by atoms with Gasteiger partial charge in [0, 0.05) is 50.5 Å². The lowest BCUT2D eigenvalue weighted by atomic mass is 9.82. The Hall–Kier alpha value is -2.99. The molecule has 1 unspecified atom stereocenters. The summed E-state index contributed by atoms with van der Waals surface area (Å²) in [5.74, 6) is 0.308. The van der Waals surface area contributed by atoms with Gasteiger partial charge in [0.05, 0.1) is 0 Å². The van der Waals surface area contributed by atoms with Crippen LogP contribution in [0, 0.1) is 0 Å². The van der Waals surface area contributed by atoms with E-state index in [1.54, 1.807) is 0 Å². The highest BCUT2D eigenvalue weighted by Gasteiger charge is 2.21. The molecule has 1 fully saturated rings. The molecule has 3 aromatic rings. The molecule has 1 saturated heterocycles. The van der Waals surface area contributed by atoms with E-state index in [4.69, 9.17) is 5.73 Å². The number of anilines is 1. The Labute approximate surface area is 208 Å².